The predicted molar refractivity (Wildman–Crippen MR) is 76.4 cm³/mol. The molecule has 2 rings (SSSR count). The Morgan fingerprint density at radius 2 is 1.74 bits per heavy atom. The van der Waals surface area contributed by atoms with E-state index in [0.29, 0.717) is 12.8 Å². The van der Waals surface area contributed by atoms with Crippen LogP contribution in [0.5, 0.6) is 0 Å². The second kappa shape index (κ2) is 5.93. The molecule has 2 N–H and O–H groups in total. The summed E-state index contributed by atoms with van der Waals surface area (Å²) in [7, 11) is 0. The molecule has 0 saturated carbocycles. The Hall–Kier alpha value is -1.75. The predicted octanol–water partition coefficient (Wildman–Crippen LogP) is 1.75. The maximum Gasteiger partial charge on any atom is 0.229 e. The highest BCUT2D eigenvalue weighted by molar-refractivity contribution is 7.80. The lowest BCUT2D eigenvalue weighted by Gasteiger charge is -2.20. The molecule has 0 bridgehead atoms. The number of amides is 2. The van der Waals surface area contributed by atoms with Crippen LogP contribution in [0.4, 0.5) is 0 Å². The molecular formula is C14H16N2O2S. The number of imide groups is 1. The molecule has 0 aliphatic carbocycles. The number of thiocarbonyl (C=S) groups is 1. The third kappa shape index (κ3) is 3.17. The average molecular weight is 276 g/mol. The molecule has 1 fully saturated rings. The monoisotopic (exact) mass is 276 g/mol. The van der Waals surface area contributed by atoms with Crippen LogP contribution in [0.25, 0.3) is 0 Å². The van der Waals surface area contributed by atoms with Crippen molar-refractivity contribution in [2.75, 3.05) is 0 Å². The lowest BCUT2D eigenvalue weighted by atomic mass is 10.1. The molecule has 0 radical (unpaired) electrons. The maximum atomic E-state index is 12.0. The van der Waals surface area contributed by atoms with Crippen LogP contribution < -0.4 is 5.73 Å². The summed E-state index contributed by atoms with van der Waals surface area (Å²) in [6, 6.07) is 7.35. The van der Waals surface area contributed by atoms with Crippen molar-refractivity contribution in [1.29, 1.82) is 0 Å². The molecule has 1 aromatic rings. The first-order chi connectivity index (χ1) is 9.09. The van der Waals surface area contributed by atoms with E-state index >= 15 is 0 Å². The van der Waals surface area contributed by atoms with Crippen LogP contribution in [0.3, 0.4) is 0 Å². The fraction of sp³-hybridized carbons (Fsp3) is 0.357. The summed E-state index contributed by atoms with van der Waals surface area (Å²) in [4.78, 5) is 25.5. The summed E-state index contributed by atoms with van der Waals surface area (Å²) in [6.45, 7) is 0.255. The van der Waals surface area contributed by atoms with Crippen molar-refractivity contribution in [2.45, 2.75) is 32.2 Å². The summed E-state index contributed by atoms with van der Waals surface area (Å²) < 4.78 is 0. The molecule has 19 heavy (non-hydrogen) atoms. The van der Waals surface area contributed by atoms with Gasteiger partial charge in [-0.15, -0.1) is 0 Å². The van der Waals surface area contributed by atoms with Gasteiger partial charge in [-0.2, -0.15) is 0 Å². The van der Waals surface area contributed by atoms with Crippen molar-refractivity contribution in [1.82, 2.24) is 4.90 Å². The Bertz CT molecular complexity index is 510. The number of nitrogens with two attached hydrogens (primary N) is 1. The minimum atomic E-state index is -0.111. The quantitative estimate of drug-likeness (QED) is 0.675. The lowest BCUT2D eigenvalue weighted by Crippen LogP contribution is -2.35. The highest BCUT2D eigenvalue weighted by Crippen LogP contribution is 2.18. The van der Waals surface area contributed by atoms with Gasteiger partial charge < -0.3 is 5.73 Å². The van der Waals surface area contributed by atoms with Gasteiger partial charge in [-0.25, -0.2) is 0 Å². The zero-order chi connectivity index (χ0) is 13.8. The van der Waals surface area contributed by atoms with E-state index in [1.807, 2.05) is 24.3 Å². The minimum Gasteiger partial charge on any atom is -0.389 e. The Morgan fingerprint density at radius 3 is 2.32 bits per heavy atom. The second-order valence-corrected chi connectivity index (χ2v) is 5.04. The van der Waals surface area contributed by atoms with Crippen molar-refractivity contribution >= 4 is 29.0 Å². The number of hydrogen-bond donors (Lipinski definition) is 1. The molecule has 1 aliphatic heterocycles. The van der Waals surface area contributed by atoms with Crippen molar-refractivity contribution in [3.05, 3.63) is 35.4 Å². The Balaban J connectivity index is 2.26. The molecule has 100 valence electrons. The first kappa shape index (κ1) is 13.7. The van der Waals surface area contributed by atoms with Gasteiger partial charge >= 0.3 is 0 Å². The SMILES string of the molecule is NC(=S)c1ccccc1CN1C(=O)CCCCC1=O. The van der Waals surface area contributed by atoms with E-state index in [1.165, 1.54) is 4.90 Å². The van der Waals surface area contributed by atoms with Crippen molar-refractivity contribution in [3.63, 3.8) is 0 Å². The molecule has 1 aliphatic rings. The number of nitrogens with zero attached hydrogens (tertiary/aromatic N) is 1. The molecule has 0 atom stereocenters. The van der Waals surface area contributed by atoms with Gasteiger partial charge in [0.1, 0.15) is 4.99 Å². The van der Waals surface area contributed by atoms with Gasteiger partial charge in [-0.05, 0) is 18.4 Å². The van der Waals surface area contributed by atoms with Crippen LogP contribution in [-0.2, 0) is 16.1 Å². The van der Waals surface area contributed by atoms with Gasteiger partial charge in [0.15, 0.2) is 0 Å². The number of benzene rings is 1. The topological polar surface area (TPSA) is 63.4 Å². The molecule has 4 nitrogen and oxygen atoms in total. The third-order valence-electron chi connectivity index (χ3n) is 3.24. The first-order valence-corrected chi connectivity index (χ1v) is 6.71. The van der Waals surface area contributed by atoms with Gasteiger partial charge in [0.2, 0.25) is 11.8 Å². The van der Waals surface area contributed by atoms with E-state index in [-0.39, 0.29) is 23.3 Å². The smallest absolute Gasteiger partial charge is 0.229 e. The van der Waals surface area contributed by atoms with E-state index in [9.17, 15) is 9.59 Å². The molecule has 1 saturated heterocycles. The first-order valence-electron chi connectivity index (χ1n) is 6.30. The largest absolute Gasteiger partial charge is 0.389 e. The van der Waals surface area contributed by atoms with Gasteiger partial charge in [0, 0.05) is 18.4 Å². The van der Waals surface area contributed by atoms with E-state index in [2.05, 4.69) is 0 Å². The number of carbonyl (C=O) groups is 2. The summed E-state index contributed by atoms with van der Waals surface area (Å²) in [6.07, 6.45) is 2.41. The summed E-state index contributed by atoms with van der Waals surface area (Å²) >= 11 is 4.99. The standard InChI is InChI=1S/C14H16N2O2S/c15-14(19)11-6-2-1-5-10(11)9-16-12(17)7-3-4-8-13(16)18/h1-2,5-6H,3-4,7-9H2,(H2,15,19). The maximum absolute atomic E-state index is 12.0. The van der Waals surface area contributed by atoms with Gasteiger partial charge in [-0.1, -0.05) is 36.5 Å². The van der Waals surface area contributed by atoms with Crippen LogP contribution in [0.2, 0.25) is 0 Å². The molecule has 0 aromatic heterocycles. The van der Waals surface area contributed by atoms with Gasteiger partial charge in [-0.3, -0.25) is 14.5 Å². The molecule has 0 spiro atoms. The molecule has 2 amide bonds. The third-order valence-corrected chi connectivity index (χ3v) is 3.46. The zero-order valence-electron chi connectivity index (χ0n) is 10.6. The average Bonchev–Trinajstić information content (AvgIpc) is 2.54. The normalized spacial score (nSPS) is 16.3. The number of rotatable bonds is 3. The molecule has 1 aromatic carbocycles. The van der Waals surface area contributed by atoms with Crippen LogP contribution in [0.1, 0.15) is 36.8 Å². The second-order valence-electron chi connectivity index (χ2n) is 4.60. The molecule has 0 unspecified atom stereocenters. The zero-order valence-corrected chi connectivity index (χ0v) is 11.4. The van der Waals surface area contributed by atoms with Crippen LogP contribution in [0, 0.1) is 0 Å². The number of hydrogen-bond acceptors (Lipinski definition) is 3. The molecule has 5 heteroatoms. The molecule has 1 heterocycles. The fourth-order valence-corrected chi connectivity index (χ4v) is 2.41. The van der Waals surface area contributed by atoms with Crippen molar-refractivity contribution < 1.29 is 9.59 Å². The lowest BCUT2D eigenvalue weighted by molar-refractivity contribution is -0.144. The van der Waals surface area contributed by atoms with Crippen molar-refractivity contribution in [3.8, 4) is 0 Å². The Kier molecular flexibility index (Phi) is 4.27. The van der Waals surface area contributed by atoms with E-state index in [4.69, 9.17) is 18.0 Å². The summed E-state index contributed by atoms with van der Waals surface area (Å²) in [5, 5.41) is 0. The number of likely N-dealkylation sites (tertiary alicyclic amines) is 1. The summed E-state index contributed by atoms with van der Waals surface area (Å²) in [5.41, 5.74) is 7.21. The van der Waals surface area contributed by atoms with Crippen LogP contribution in [-0.4, -0.2) is 21.7 Å². The van der Waals surface area contributed by atoms with Gasteiger partial charge in [0.25, 0.3) is 0 Å². The highest BCUT2D eigenvalue weighted by Gasteiger charge is 2.24. The van der Waals surface area contributed by atoms with Crippen LogP contribution in [0.15, 0.2) is 24.3 Å². The van der Waals surface area contributed by atoms with E-state index < -0.39 is 0 Å². The molecular weight excluding hydrogens is 260 g/mol. The van der Waals surface area contributed by atoms with Gasteiger partial charge in [0.05, 0.1) is 6.54 Å². The Labute approximate surface area is 117 Å². The van der Waals surface area contributed by atoms with E-state index in [0.717, 1.165) is 24.0 Å². The number of carbonyl (C=O) groups excluding carboxylic acids is 2. The van der Waals surface area contributed by atoms with Crippen molar-refractivity contribution in [2.24, 2.45) is 5.73 Å². The minimum absolute atomic E-state index is 0.111. The fourth-order valence-electron chi connectivity index (χ4n) is 2.21. The summed E-state index contributed by atoms with van der Waals surface area (Å²) in [5.74, 6) is -0.222. The highest BCUT2D eigenvalue weighted by atomic mass is 32.1. The Morgan fingerprint density at radius 1 is 1.16 bits per heavy atom. The van der Waals surface area contributed by atoms with Crippen LogP contribution >= 0.6 is 12.2 Å². The van der Waals surface area contributed by atoms with E-state index in [1.54, 1.807) is 0 Å².